The van der Waals surface area contributed by atoms with Crippen molar-refractivity contribution in [2.75, 3.05) is 6.54 Å². The number of hydrogen-bond acceptors (Lipinski definition) is 4. The number of imidazole rings is 1. The molecule has 2 aromatic rings. The zero-order valence-corrected chi connectivity index (χ0v) is 13.9. The molecule has 0 aliphatic rings. The van der Waals surface area contributed by atoms with E-state index in [1.807, 2.05) is 0 Å². The Morgan fingerprint density at radius 2 is 1.96 bits per heavy atom. The van der Waals surface area contributed by atoms with Gasteiger partial charge in [0.1, 0.15) is 6.20 Å². The molecule has 26 heavy (non-hydrogen) atoms. The number of rotatable bonds is 7. The summed E-state index contributed by atoms with van der Waals surface area (Å²) >= 11 is 0. The van der Waals surface area contributed by atoms with Crippen LogP contribution in [-0.4, -0.2) is 26.9 Å². The fourth-order valence-corrected chi connectivity index (χ4v) is 2.32. The van der Waals surface area contributed by atoms with Gasteiger partial charge in [-0.15, -0.1) is 0 Å². The van der Waals surface area contributed by atoms with Crippen molar-refractivity contribution in [3.63, 3.8) is 0 Å². The first-order valence-electron chi connectivity index (χ1n) is 7.78. The van der Waals surface area contributed by atoms with Gasteiger partial charge in [-0.25, -0.2) is 0 Å². The van der Waals surface area contributed by atoms with Gasteiger partial charge in [0.2, 0.25) is 11.7 Å². The number of nitrogens with zero attached hydrogens (tertiary/aromatic N) is 3. The van der Waals surface area contributed by atoms with Crippen LogP contribution in [0.5, 0.6) is 0 Å². The zero-order chi connectivity index (χ0) is 19.3. The van der Waals surface area contributed by atoms with Crippen LogP contribution in [0, 0.1) is 17.0 Å². The number of nitro groups is 1. The van der Waals surface area contributed by atoms with Gasteiger partial charge in [0.15, 0.2) is 0 Å². The monoisotopic (exact) mass is 370 g/mol. The number of carbonyl (C=O) groups is 1. The van der Waals surface area contributed by atoms with Crippen LogP contribution in [0.15, 0.2) is 30.5 Å². The van der Waals surface area contributed by atoms with Crippen molar-refractivity contribution in [3.8, 4) is 0 Å². The topological polar surface area (TPSA) is 90.1 Å². The van der Waals surface area contributed by atoms with Gasteiger partial charge in [0.05, 0.1) is 5.56 Å². The average molecular weight is 370 g/mol. The highest BCUT2D eigenvalue weighted by Gasteiger charge is 2.29. The Labute approximate surface area is 147 Å². The lowest BCUT2D eigenvalue weighted by molar-refractivity contribution is -0.389. The molecule has 0 radical (unpaired) electrons. The zero-order valence-electron chi connectivity index (χ0n) is 13.9. The molecule has 1 N–H and O–H groups in total. The summed E-state index contributed by atoms with van der Waals surface area (Å²) in [6.45, 7) is 2.14. The Morgan fingerprint density at radius 1 is 1.31 bits per heavy atom. The Hall–Kier alpha value is -2.91. The first-order valence-corrected chi connectivity index (χ1v) is 7.78. The molecule has 0 aliphatic heterocycles. The normalized spacial score (nSPS) is 11.4. The summed E-state index contributed by atoms with van der Waals surface area (Å²) in [7, 11) is 0. The van der Waals surface area contributed by atoms with E-state index in [4.69, 9.17) is 0 Å². The summed E-state index contributed by atoms with van der Waals surface area (Å²) in [6.07, 6.45) is -2.58. The number of aryl methyl sites for hydroxylation is 2. The first-order chi connectivity index (χ1) is 12.2. The Morgan fingerprint density at radius 3 is 2.50 bits per heavy atom. The first kappa shape index (κ1) is 19.4. The third-order valence-corrected chi connectivity index (χ3v) is 3.75. The number of benzene rings is 1. The molecule has 140 valence electrons. The van der Waals surface area contributed by atoms with Crippen molar-refractivity contribution >= 4 is 11.7 Å². The van der Waals surface area contributed by atoms with Crippen LogP contribution in [0.4, 0.5) is 19.0 Å². The van der Waals surface area contributed by atoms with E-state index in [0.29, 0.717) is 17.8 Å². The van der Waals surface area contributed by atoms with E-state index in [9.17, 15) is 28.1 Å². The Balaban J connectivity index is 1.76. The summed E-state index contributed by atoms with van der Waals surface area (Å²) in [6, 6.07) is 4.77. The molecule has 1 heterocycles. The number of aromatic nitrogens is 2. The molecule has 1 amide bonds. The largest absolute Gasteiger partial charge is 0.416 e. The molecule has 2 rings (SSSR count). The number of halogens is 3. The molecule has 0 saturated carbocycles. The van der Waals surface area contributed by atoms with Gasteiger partial charge in [-0.2, -0.15) is 13.2 Å². The lowest BCUT2D eigenvalue weighted by Crippen LogP contribution is -2.26. The van der Waals surface area contributed by atoms with E-state index in [0.717, 1.165) is 12.1 Å². The molecule has 0 spiro atoms. The smallest absolute Gasteiger partial charge is 0.358 e. The van der Waals surface area contributed by atoms with Crippen LogP contribution in [0.2, 0.25) is 0 Å². The second-order valence-corrected chi connectivity index (χ2v) is 5.64. The number of nitrogens with one attached hydrogen (secondary N) is 1. The van der Waals surface area contributed by atoms with Crippen molar-refractivity contribution in [2.45, 2.75) is 32.5 Å². The van der Waals surface area contributed by atoms with E-state index in [1.54, 1.807) is 6.92 Å². The minimum absolute atomic E-state index is 0.112. The van der Waals surface area contributed by atoms with E-state index >= 15 is 0 Å². The molecule has 0 aliphatic carbocycles. The van der Waals surface area contributed by atoms with Gasteiger partial charge in [0.25, 0.3) is 0 Å². The second-order valence-electron chi connectivity index (χ2n) is 5.64. The predicted octanol–water partition coefficient (Wildman–Crippen LogP) is 2.87. The maximum atomic E-state index is 12.5. The van der Waals surface area contributed by atoms with Crippen molar-refractivity contribution in [3.05, 3.63) is 57.5 Å². The predicted molar refractivity (Wildman–Crippen MR) is 86.4 cm³/mol. The number of hydrogen-bond donors (Lipinski definition) is 1. The van der Waals surface area contributed by atoms with Crippen LogP contribution in [0.25, 0.3) is 0 Å². The van der Waals surface area contributed by atoms with Crippen molar-refractivity contribution in [2.24, 2.45) is 0 Å². The molecule has 1 aromatic carbocycles. The second kappa shape index (κ2) is 7.98. The van der Waals surface area contributed by atoms with E-state index in [-0.39, 0.29) is 31.2 Å². The van der Waals surface area contributed by atoms with Crippen LogP contribution in [0.3, 0.4) is 0 Å². The number of amides is 1. The molecular formula is C16H17F3N4O3. The molecule has 0 fully saturated rings. The van der Waals surface area contributed by atoms with E-state index < -0.39 is 16.7 Å². The van der Waals surface area contributed by atoms with Gasteiger partial charge in [-0.05, 0) is 34.0 Å². The van der Waals surface area contributed by atoms with Gasteiger partial charge < -0.3 is 20.0 Å². The Bertz CT molecular complexity index is 785. The van der Waals surface area contributed by atoms with Crippen molar-refractivity contribution in [1.82, 2.24) is 14.9 Å². The quantitative estimate of drug-likeness (QED) is 0.599. The summed E-state index contributed by atoms with van der Waals surface area (Å²) in [5.74, 6) is -0.0906. The molecule has 1 aromatic heterocycles. The summed E-state index contributed by atoms with van der Waals surface area (Å²) in [5, 5.41) is 13.3. The summed E-state index contributed by atoms with van der Waals surface area (Å²) in [5.41, 5.74) is -0.0329. The maximum Gasteiger partial charge on any atom is 0.416 e. The number of alkyl halides is 3. The van der Waals surface area contributed by atoms with Gasteiger partial charge in [0, 0.05) is 26.4 Å². The minimum Gasteiger partial charge on any atom is -0.358 e. The highest BCUT2D eigenvalue weighted by Crippen LogP contribution is 2.29. The highest BCUT2D eigenvalue weighted by atomic mass is 19.4. The Kier molecular flexibility index (Phi) is 5.96. The number of carbonyl (C=O) groups excluding carboxylic acids is 1. The van der Waals surface area contributed by atoms with Crippen LogP contribution in [0.1, 0.15) is 23.4 Å². The van der Waals surface area contributed by atoms with Crippen LogP contribution in [-0.2, 0) is 23.9 Å². The molecule has 0 atom stereocenters. The highest BCUT2D eigenvalue weighted by molar-refractivity contribution is 5.75. The van der Waals surface area contributed by atoms with Crippen LogP contribution < -0.4 is 5.32 Å². The summed E-state index contributed by atoms with van der Waals surface area (Å²) in [4.78, 5) is 25.6. The maximum absolute atomic E-state index is 12.5. The molecular weight excluding hydrogens is 353 g/mol. The van der Waals surface area contributed by atoms with Gasteiger partial charge >= 0.3 is 12.0 Å². The molecule has 10 heteroatoms. The third kappa shape index (κ3) is 5.30. The van der Waals surface area contributed by atoms with Crippen molar-refractivity contribution in [1.29, 1.82) is 0 Å². The van der Waals surface area contributed by atoms with Gasteiger partial charge in [-0.3, -0.25) is 4.79 Å². The fourth-order valence-electron chi connectivity index (χ4n) is 2.32. The lowest BCUT2D eigenvalue weighted by atomic mass is 10.1. The minimum atomic E-state index is -4.37. The van der Waals surface area contributed by atoms with E-state index in [1.165, 1.54) is 22.9 Å². The average Bonchev–Trinajstić information content (AvgIpc) is 2.94. The summed E-state index contributed by atoms with van der Waals surface area (Å²) < 4.78 is 38.9. The van der Waals surface area contributed by atoms with E-state index in [2.05, 4.69) is 10.3 Å². The van der Waals surface area contributed by atoms with Gasteiger partial charge in [-0.1, -0.05) is 12.1 Å². The third-order valence-electron chi connectivity index (χ3n) is 3.75. The standard InChI is InChI=1S/C16H17F3N4O3/c1-11-21-14(23(25)26)10-22(11)9-7-15(24)20-8-6-12-2-4-13(5-3-12)16(17,18)19/h2-5,10H,6-9H2,1H3,(H,20,24). The lowest BCUT2D eigenvalue weighted by Gasteiger charge is -2.08. The van der Waals surface area contributed by atoms with Crippen molar-refractivity contribution < 1.29 is 22.9 Å². The molecule has 0 unspecified atom stereocenters. The van der Waals surface area contributed by atoms with Crippen LogP contribution >= 0.6 is 0 Å². The molecule has 0 bridgehead atoms. The fraction of sp³-hybridized carbons (Fsp3) is 0.375. The molecule has 7 nitrogen and oxygen atoms in total. The SMILES string of the molecule is Cc1nc([N+](=O)[O-])cn1CCC(=O)NCCc1ccc(C(F)(F)F)cc1. The molecule has 0 saturated heterocycles.